The molecule has 1 atom stereocenters. The summed E-state index contributed by atoms with van der Waals surface area (Å²) in [5.74, 6) is 0.236. The summed E-state index contributed by atoms with van der Waals surface area (Å²) in [6, 6.07) is 5.95. The standard InChI is InChI=1S/C25H28N2O7/c1-6-8-17-11-16(13-21(31-4)22(17)33-15(3)7-2)12-19-23(28)27(25(30)26-19)14-18-9-10-20(34-18)24(29)32-5/h6,9-13,15H,1,7-8,14H2,2-5H3,(H,26,30). The molecule has 9 nitrogen and oxygen atoms in total. The third kappa shape index (κ3) is 5.31. The van der Waals surface area contributed by atoms with E-state index in [1.807, 2.05) is 19.9 Å². The Labute approximate surface area is 198 Å². The van der Waals surface area contributed by atoms with E-state index in [4.69, 9.17) is 13.9 Å². The van der Waals surface area contributed by atoms with Gasteiger partial charge in [0.2, 0.25) is 5.76 Å². The molecule has 3 rings (SSSR count). The number of methoxy groups -OCH3 is 2. The molecule has 1 aromatic heterocycles. The normalized spacial score (nSPS) is 15.3. The van der Waals surface area contributed by atoms with Crippen LogP contribution in [0.1, 0.15) is 47.7 Å². The lowest BCUT2D eigenvalue weighted by Crippen LogP contribution is -2.30. The van der Waals surface area contributed by atoms with E-state index in [0.29, 0.717) is 23.5 Å². The second-order valence-corrected chi connectivity index (χ2v) is 7.68. The van der Waals surface area contributed by atoms with Crippen LogP contribution in [-0.4, -0.2) is 43.1 Å². The number of rotatable bonds is 10. The first kappa shape index (κ1) is 24.6. The minimum absolute atomic E-state index is 0.00720. The van der Waals surface area contributed by atoms with Crippen molar-refractivity contribution in [2.24, 2.45) is 0 Å². The summed E-state index contributed by atoms with van der Waals surface area (Å²) in [5, 5.41) is 2.58. The summed E-state index contributed by atoms with van der Waals surface area (Å²) in [6.45, 7) is 7.68. The summed E-state index contributed by atoms with van der Waals surface area (Å²) in [6.07, 6.45) is 4.69. The Kier molecular flexibility index (Phi) is 7.78. The monoisotopic (exact) mass is 468 g/mol. The number of carbonyl (C=O) groups is 3. The van der Waals surface area contributed by atoms with Gasteiger partial charge in [-0.2, -0.15) is 0 Å². The smallest absolute Gasteiger partial charge is 0.373 e. The van der Waals surface area contributed by atoms with Crippen LogP contribution in [0.2, 0.25) is 0 Å². The molecule has 0 aliphatic carbocycles. The van der Waals surface area contributed by atoms with Crippen molar-refractivity contribution in [3.8, 4) is 11.5 Å². The van der Waals surface area contributed by atoms with Crippen molar-refractivity contribution in [1.82, 2.24) is 10.2 Å². The number of benzene rings is 1. The van der Waals surface area contributed by atoms with Gasteiger partial charge in [-0.25, -0.2) is 9.59 Å². The lowest BCUT2D eigenvalue weighted by Gasteiger charge is -2.19. The van der Waals surface area contributed by atoms with Crippen LogP contribution >= 0.6 is 0 Å². The number of esters is 1. The van der Waals surface area contributed by atoms with Gasteiger partial charge in [0, 0.05) is 5.56 Å². The third-order valence-corrected chi connectivity index (χ3v) is 5.27. The van der Waals surface area contributed by atoms with Gasteiger partial charge in [-0.15, -0.1) is 6.58 Å². The van der Waals surface area contributed by atoms with Crippen molar-refractivity contribution in [2.45, 2.75) is 39.3 Å². The second-order valence-electron chi connectivity index (χ2n) is 7.68. The third-order valence-electron chi connectivity index (χ3n) is 5.27. The van der Waals surface area contributed by atoms with Gasteiger partial charge in [-0.05, 0) is 55.7 Å². The predicted molar refractivity (Wildman–Crippen MR) is 124 cm³/mol. The van der Waals surface area contributed by atoms with E-state index in [0.717, 1.165) is 16.9 Å². The Morgan fingerprint density at radius 2 is 2.03 bits per heavy atom. The maximum absolute atomic E-state index is 12.9. The van der Waals surface area contributed by atoms with Gasteiger partial charge in [-0.3, -0.25) is 9.69 Å². The number of carbonyl (C=O) groups excluding carboxylic acids is 3. The van der Waals surface area contributed by atoms with E-state index >= 15 is 0 Å². The van der Waals surface area contributed by atoms with Gasteiger partial charge in [0.1, 0.15) is 11.5 Å². The van der Waals surface area contributed by atoms with E-state index < -0.39 is 17.9 Å². The molecule has 9 heteroatoms. The molecule has 0 saturated carbocycles. The number of nitrogens with zero attached hydrogens (tertiary/aromatic N) is 1. The van der Waals surface area contributed by atoms with E-state index in [1.165, 1.54) is 19.2 Å². The molecule has 1 N–H and O–H groups in total. The van der Waals surface area contributed by atoms with Crippen LogP contribution in [-0.2, 0) is 22.5 Å². The Morgan fingerprint density at radius 1 is 1.26 bits per heavy atom. The number of nitrogens with one attached hydrogen (secondary N) is 1. The zero-order valence-corrected chi connectivity index (χ0v) is 19.7. The molecule has 0 radical (unpaired) electrons. The largest absolute Gasteiger partial charge is 0.493 e. The molecule has 1 aromatic carbocycles. The minimum atomic E-state index is -0.644. The summed E-state index contributed by atoms with van der Waals surface area (Å²) in [7, 11) is 2.78. The number of ether oxygens (including phenoxy) is 3. The molecule has 3 amide bonds. The lowest BCUT2D eigenvalue weighted by atomic mass is 10.0. The number of hydrogen-bond donors (Lipinski definition) is 1. The Bertz CT molecular complexity index is 1130. The number of furan rings is 1. The molecule has 34 heavy (non-hydrogen) atoms. The van der Waals surface area contributed by atoms with Crippen molar-refractivity contribution < 1.29 is 33.0 Å². The van der Waals surface area contributed by atoms with E-state index in [-0.39, 0.29) is 29.9 Å². The lowest BCUT2D eigenvalue weighted by molar-refractivity contribution is -0.123. The highest BCUT2D eigenvalue weighted by Gasteiger charge is 2.34. The Balaban J connectivity index is 1.87. The first-order valence-electron chi connectivity index (χ1n) is 10.8. The van der Waals surface area contributed by atoms with Gasteiger partial charge in [0.15, 0.2) is 11.5 Å². The first-order valence-corrected chi connectivity index (χ1v) is 10.8. The Hall–Kier alpha value is -4.01. The summed E-state index contributed by atoms with van der Waals surface area (Å²) in [4.78, 5) is 37.9. The number of amides is 3. The molecule has 1 aliphatic heterocycles. The molecule has 2 aromatic rings. The average Bonchev–Trinajstić information content (AvgIpc) is 3.40. The highest BCUT2D eigenvalue weighted by molar-refractivity contribution is 6.13. The van der Waals surface area contributed by atoms with Crippen LogP contribution in [0.15, 0.2) is 47.0 Å². The van der Waals surface area contributed by atoms with E-state index in [1.54, 1.807) is 25.3 Å². The van der Waals surface area contributed by atoms with Crippen LogP contribution in [0.25, 0.3) is 6.08 Å². The molecular weight excluding hydrogens is 440 g/mol. The highest BCUT2D eigenvalue weighted by atomic mass is 16.5. The van der Waals surface area contributed by atoms with Crippen molar-refractivity contribution >= 4 is 24.0 Å². The van der Waals surface area contributed by atoms with Crippen LogP contribution < -0.4 is 14.8 Å². The van der Waals surface area contributed by atoms with Gasteiger partial charge in [0.05, 0.1) is 26.9 Å². The van der Waals surface area contributed by atoms with Crippen LogP contribution in [0.4, 0.5) is 4.79 Å². The maximum Gasteiger partial charge on any atom is 0.373 e. The van der Waals surface area contributed by atoms with Crippen molar-refractivity contribution in [3.05, 3.63) is 65.3 Å². The van der Waals surface area contributed by atoms with Crippen molar-refractivity contribution in [1.29, 1.82) is 0 Å². The van der Waals surface area contributed by atoms with Gasteiger partial charge in [-0.1, -0.05) is 13.0 Å². The predicted octanol–water partition coefficient (Wildman–Crippen LogP) is 4.07. The number of hydrogen-bond acceptors (Lipinski definition) is 7. The number of urea groups is 1. The summed E-state index contributed by atoms with van der Waals surface area (Å²) >= 11 is 0. The number of allylic oxidation sites excluding steroid dienone is 1. The molecule has 0 bridgehead atoms. The van der Waals surface area contributed by atoms with Crippen molar-refractivity contribution in [2.75, 3.05) is 14.2 Å². The molecule has 1 saturated heterocycles. The van der Waals surface area contributed by atoms with Gasteiger partial charge in [0.25, 0.3) is 5.91 Å². The SMILES string of the molecule is C=CCc1cc(C=C2NC(=O)N(Cc3ccc(C(=O)OC)o3)C2=O)cc(OC)c1OC(C)CC. The maximum atomic E-state index is 12.9. The zero-order valence-electron chi connectivity index (χ0n) is 19.7. The van der Waals surface area contributed by atoms with Crippen molar-refractivity contribution in [3.63, 3.8) is 0 Å². The van der Waals surface area contributed by atoms with Gasteiger partial charge >= 0.3 is 12.0 Å². The average molecular weight is 469 g/mol. The van der Waals surface area contributed by atoms with Crippen LogP contribution in [0.5, 0.6) is 11.5 Å². The first-order chi connectivity index (χ1) is 16.3. The second kappa shape index (κ2) is 10.7. The molecule has 180 valence electrons. The molecule has 1 unspecified atom stereocenters. The van der Waals surface area contributed by atoms with Crippen LogP contribution in [0.3, 0.4) is 0 Å². The molecule has 2 heterocycles. The van der Waals surface area contributed by atoms with Crippen LogP contribution in [0, 0.1) is 0 Å². The fraction of sp³-hybridized carbons (Fsp3) is 0.320. The summed E-state index contributed by atoms with van der Waals surface area (Å²) < 4.78 is 21.6. The highest BCUT2D eigenvalue weighted by Crippen LogP contribution is 2.35. The van der Waals surface area contributed by atoms with E-state index in [9.17, 15) is 14.4 Å². The quantitative estimate of drug-likeness (QED) is 0.242. The van der Waals surface area contributed by atoms with Gasteiger partial charge < -0.3 is 23.9 Å². The Morgan fingerprint density at radius 3 is 2.68 bits per heavy atom. The zero-order chi connectivity index (χ0) is 24.8. The fourth-order valence-corrected chi connectivity index (χ4v) is 3.35. The molecular formula is C25H28N2O7. The molecule has 0 spiro atoms. The topological polar surface area (TPSA) is 107 Å². The minimum Gasteiger partial charge on any atom is -0.493 e. The molecule has 1 aliphatic rings. The van der Waals surface area contributed by atoms with E-state index in [2.05, 4.69) is 16.6 Å². The number of imide groups is 1. The summed E-state index contributed by atoms with van der Waals surface area (Å²) in [5.41, 5.74) is 1.61. The molecule has 1 fully saturated rings. The fourth-order valence-electron chi connectivity index (χ4n) is 3.35.